The highest BCUT2D eigenvalue weighted by molar-refractivity contribution is 9.09. The van der Waals surface area contributed by atoms with Crippen LogP contribution < -0.4 is 0 Å². The minimum absolute atomic E-state index is 0.413. The summed E-state index contributed by atoms with van der Waals surface area (Å²) in [5.74, 6) is 0. The zero-order valence-corrected chi connectivity index (χ0v) is 11.6. The van der Waals surface area contributed by atoms with E-state index >= 15 is 0 Å². The molecule has 1 aromatic heterocycles. The number of halogens is 1. The van der Waals surface area contributed by atoms with Crippen molar-refractivity contribution in [2.24, 2.45) is 0 Å². The highest BCUT2D eigenvalue weighted by Crippen LogP contribution is 2.03. The number of nitrogens with zero attached hydrogens (tertiary/aromatic N) is 3. The van der Waals surface area contributed by atoms with Crippen molar-refractivity contribution < 1.29 is 4.74 Å². The fourth-order valence-corrected chi connectivity index (χ4v) is 2.36. The molecule has 5 heteroatoms. The van der Waals surface area contributed by atoms with Crippen LogP contribution in [-0.2, 0) is 11.3 Å². The molecule has 1 rings (SSSR count). The van der Waals surface area contributed by atoms with E-state index in [1.165, 1.54) is 0 Å². The molecule has 0 aliphatic heterocycles. The fraction of sp³-hybridized carbons (Fsp3) is 0.727. The molecule has 0 saturated carbocycles. The molecule has 1 aromatic rings. The highest BCUT2D eigenvalue weighted by atomic mass is 79.9. The summed E-state index contributed by atoms with van der Waals surface area (Å²) in [4.78, 5) is 6.75. The van der Waals surface area contributed by atoms with Crippen molar-refractivity contribution in [1.82, 2.24) is 14.5 Å². The predicted octanol–water partition coefficient (Wildman–Crippen LogP) is 1.61. The van der Waals surface area contributed by atoms with Gasteiger partial charge in [-0.05, 0) is 20.0 Å². The molecule has 4 nitrogen and oxygen atoms in total. The first-order chi connectivity index (χ1) is 7.72. The van der Waals surface area contributed by atoms with Gasteiger partial charge in [-0.2, -0.15) is 0 Å². The van der Waals surface area contributed by atoms with Gasteiger partial charge in [0.2, 0.25) is 0 Å². The molecule has 0 radical (unpaired) electrons. The van der Waals surface area contributed by atoms with Crippen LogP contribution in [0.3, 0.4) is 0 Å². The Hall–Kier alpha value is -0.390. The van der Waals surface area contributed by atoms with Crippen LogP contribution in [0, 0.1) is 0 Å². The zero-order valence-electron chi connectivity index (χ0n) is 9.97. The topological polar surface area (TPSA) is 30.3 Å². The van der Waals surface area contributed by atoms with Gasteiger partial charge in [-0.3, -0.25) is 0 Å². The summed E-state index contributed by atoms with van der Waals surface area (Å²) in [5.41, 5.74) is 0. The van der Waals surface area contributed by atoms with Gasteiger partial charge in [-0.1, -0.05) is 15.9 Å². The lowest BCUT2D eigenvalue weighted by atomic mass is 10.3. The van der Waals surface area contributed by atoms with Crippen molar-refractivity contribution in [3.63, 3.8) is 0 Å². The van der Waals surface area contributed by atoms with Gasteiger partial charge in [0.15, 0.2) is 0 Å². The Bertz CT molecular complexity index is 266. The van der Waals surface area contributed by atoms with Crippen molar-refractivity contribution in [2.45, 2.75) is 17.8 Å². The van der Waals surface area contributed by atoms with Crippen LogP contribution in [0.15, 0.2) is 18.7 Å². The fourth-order valence-electron chi connectivity index (χ4n) is 1.61. The molecular weight excluding hydrogens is 270 g/mol. The predicted molar refractivity (Wildman–Crippen MR) is 68.9 cm³/mol. The quantitative estimate of drug-likeness (QED) is 0.682. The van der Waals surface area contributed by atoms with Crippen molar-refractivity contribution in [1.29, 1.82) is 0 Å². The molecule has 1 unspecified atom stereocenters. The SMILES string of the molecule is COCC(Br)CN(C)CCCn1ccnc1. The van der Waals surface area contributed by atoms with E-state index in [1.807, 2.05) is 18.7 Å². The van der Waals surface area contributed by atoms with Gasteiger partial charge in [0.1, 0.15) is 0 Å². The lowest BCUT2D eigenvalue weighted by Gasteiger charge is -2.19. The smallest absolute Gasteiger partial charge is 0.0945 e. The van der Waals surface area contributed by atoms with Crippen LogP contribution in [0.2, 0.25) is 0 Å². The van der Waals surface area contributed by atoms with E-state index in [9.17, 15) is 0 Å². The number of alkyl halides is 1. The van der Waals surface area contributed by atoms with Gasteiger partial charge in [0.05, 0.1) is 17.8 Å². The number of hydrogen-bond acceptors (Lipinski definition) is 3. The summed E-state index contributed by atoms with van der Waals surface area (Å²) in [6.07, 6.45) is 6.81. The lowest BCUT2D eigenvalue weighted by molar-refractivity contribution is 0.185. The third kappa shape index (κ3) is 5.63. The summed E-state index contributed by atoms with van der Waals surface area (Å²) in [7, 11) is 3.87. The highest BCUT2D eigenvalue weighted by Gasteiger charge is 2.07. The van der Waals surface area contributed by atoms with Gasteiger partial charge < -0.3 is 14.2 Å². The molecule has 1 heterocycles. The Morgan fingerprint density at radius 3 is 3.00 bits per heavy atom. The van der Waals surface area contributed by atoms with E-state index in [2.05, 4.69) is 37.4 Å². The molecule has 0 aliphatic carbocycles. The Kier molecular flexibility index (Phi) is 6.68. The second kappa shape index (κ2) is 7.81. The molecule has 0 amide bonds. The molecule has 0 fully saturated rings. The van der Waals surface area contributed by atoms with Crippen LogP contribution in [0.25, 0.3) is 0 Å². The monoisotopic (exact) mass is 289 g/mol. The molecule has 0 saturated heterocycles. The first-order valence-electron chi connectivity index (χ1n) is 5.49. The number of rotatable bonds is 8. The number of aryl methyl sites for hydroxylation is 1. The van der Waals surface area contributed by atoms with Crippen LogP contribution in [0.1, 0.15) is 6.42 Å². The minimum atomic E-state index is 0.413. The summed E-state index contributed by atoms with van der Waals surface area (Å²) in [6, 6.07) is 0. The van der Waals surface area contributed by atoms with Crippen LogP contribution in [-0.4, -0.2) is 53.1 Å². The Labute approximate surface area is 106 Å². The molecule has 0 spiro atoms. The molecule has 0 N–H and O–H groups in total. The molecule has 16 heavy (non-hydrogen) atoms. The second-order valence-corrected chi connectivity index (χ2v) is 5.26. The van der Waals surface area contributed by atoms with Crippen molar-refractivity contribution >= 4 is 15.9 Å². The number of aromatic nitrogens is 2. The van der Waals surface area contributed by atoms with Crippen molar-refractivity contribution in [3.05, 3.63) is 18.7 Å². The molecular formula is C11H20BrN3O. The van der Waals surface area contributed by atoms with E-state index in [4.69, 9.17) is 4.74 Å². The first-order valence-corrected chi connectivity index (χ1v) is 6.41. The Balaban J connectivity index is 2.08. The third-order valence-corrected chi connectivity index (χ3v) is 2.93. The van der Waals surface area contributed by atoms with E-state index in [1.54, 1.807) is 7.11 Å². The van der Waals surface area contributed by atoms with Gasteiger partial charge in [0, 0.05) is 32.6 Å². The maximum atomic E-state index is 5.08. The van der Waals surface area contributed by atoms with Gasteiger partial charge in [0.25, 0.3) is 0 Å². The Morgan fingerprint density at radius 1 is 1.56 bits per heavy atom. The van der Waals surface area contributed by atoms with Crippen LogP contribution >= 0.6 is 15.9 Å². The summed E-state index contributed by atoms with van der Waals surface area (Å²) in [6.45, 7) is 3.88. The largest absolute Gasteiger partial charge is 0.383 e. The molecule has 0 aromatic carbocycles. The molecule has 92 valence electrons. The Morgan fingerprint density at radius 2 is 2.38 bits per heavy atom. The summed E-state index contributed by atoms with van der Waals surface area (Å²) in [5, 5.41) is 0. The second-order valence-electron chi connectivity index (χ2n) is 3.97. The van der Waals surface area contributed by atoms with Gasteiger partial charge >= 0.3 is 0 Å². The van der Waals surface area contributed by atoms with E-state index in [0.29, 0.717) is 4.83 Å². The lowest BCUT2D eigenvalue weighted by Crippen LogP contribution is -2.29. The summed E-state index contributed by atoms with van der Waals surface area (Å²) >= 11 is 3.59. The maximum Gasteiger partial charge on any atom is 0.0945 e. The first kappa shape index (κ1) is 13.7. The van der Waals surface area contributed by atoms with E-state index < -0.39 is 0 Å². The van der Waals surface area contributed by atoms with Crippen molar-refractivity contribution in [2.75, 3.05) is 33.9 Å². The van der Waals surface area contributed by atoms with E-state index in [-0.39, 0.29) is 0 Å². The normalized spacial score (nSPS) is 13.2. The summed E-state index contributed by atoms with van der Waals surface area (Å²) < 4.78 is 7.19. The van der Waals surface area contributed by atoms with E-state index in [0.717, 1.165) is 32.7 Å². The van der Waals surface area contributed by atoms with Gasteiger partial charge in [-0.25, -0.2) is 4.98 Å². The number of hydrogen-bond donors (Lipinski definition) is 0. The standard InChI is InChI=1S/C11H20BrN3O/c1-14(8-11(12)9-16-2)5-3-6-15-7-4-13-10-15/h4,7,10-11H,3,5-6,8-9H2,1-2H3. The maximum absolute atomic E-state index is 5.08. The van der Waals surface area contributed by atoms with Crippen LogP contribution in [0.5, 0.6) is 0 Å². The van der Waals surface area contributed by atoms with Gasteiger partial charge in [-0.15, -0.1) is 0 Å². The average molecular weight is 290 g/mol. The van der Waals surface area contributed by atoms with Crippen molar-refractivity contribution in [3.8, 4) is 0 Å². The average Bonchev–Trinajstić information content (AvgIpc) is 2.70. The van der Waals surface area contributed by atoms with Crippen LogP contribution in [0.4, 0.5) is 0 Å². The third-order valence-electron chi connectivity index (χ3n) is 2.37. The molecule has 0 aliphatic rings. The number of ether oxygens (including phenoxy) is 1. The number of methoxy groups -OCH3 is 1. The molecule has 1 atom stereocenters. The number of imidazole rings is 1. The molecule has 0 bridgehead atoms. The minimum Gasteiger partial charge on any atom is -0.383 e. The zero-order chi connectivity index (χ0) is 11.8.